The van der Waals surface area contributed by atoms with Crippen LogP contribution in [0.4, 0.5) is 5.69 Å². The molecule has 0 atom stereocenters. The molecule has 5 nitrogen and oxygen atoms in total. The second-order valence-electron chi connectivity index (χ2n) is 4.45. The summed E-state index contributed by atoms with van der Waals surface area (Å²) in [6.45, 7) is 0.445. The van der Waals surface area contributed by atoms with E-state index in [-0.39, 0.29) is 5.91 Å². The first-order chi connectivity index (χ1) is 8.69. The molecule has 0 bridgehead atoms. The predicted molar refractivity (Wildman–Crippen MR) is 68.9 cm³/mol. The van der Waals surface area contributed by atoms with Gasteiger partial charge in [-0.05, 0) is 17.7 Å². The topological polar surface area (TPSA) is 72.9 Å². The van der Waals surface area contributed by atoms with Crippen LogP contribution >= 0.6 is 0 Å². The van der Waals surface area contributed by atoms with Crippen LogP contribution in [0.2, 0.25) is 0 Å². The molecule has 0 spiro atoms. The van der Waals surface area contributed by atoms with Crippen molar-refractivity contribution in [3.8, 4) is 11.3 Å². The molecule has 1 aromatic carbocycles. The van der Waals surface area contributed by atoms with Crippen LogP contribution in [0.3, 0.4) is 0 Å². The number of hydrogen-bond donors (Lipinski definition) is 2. The molecule has 1 aromatic heterocycles. The van der Waals surface area contributed by atoms with Gasteiger partial charge in [-0.25, -0.2) is 4.98 Å². The number of carbonyl (C=O) groups is 1. The minimum atomic E-state index is 0.0437. The molecule has 2 aromatic rings. The van der Waals surface area contributed by atoms with Crippen LogP contribution in [-0.4, -0.2) is 15.5 Å². The molecule has 0 unspecified atom stereocenters. The number of carbonyl (C=O) groups excluding carboxylic acids is 1. The molecule has 3 N–H and O–H groups in total. The average Bonchev–Trinajstić information content (AvgIpc) is 2.89. The Labute approximate surface area is 105 Å². The fourth-order valence-electron chi connectivity index (χ4n) is 2.31. The van der Waals surface area contributed by atoms with Crippen LogP contribution in [0.5, 0.6) is 0 Å². The van der Waals surface area contributed by atoms with Crippen LogP contribution in [0.25, 0.3) is 11.3 Å². The van der Waals surface area contributed by atoms with E-state index in [0.29, 0.717) is 13.0 Å². The molecule has 0 fully saturated rings. The van der Waals surface area contributed by atoms with Gasteiger partial charge >= 0.3 is 0 Å². The molecule has 5 heteroatoms. The largest absolute Gasteiger partial charge is 0.336 e. The number of rotatable bonds is 2. The van der Waals surface area contributed by atoms with Crippen molar-refractivity contribution < 1.29 is 4.79 Å². The zero-order valence-electron chi connectivity index (χ0n) is 10.1. The van der Waals surface area contributed by atoms with Crippen LogP contribution in [0.15, 0.2) is 24.5 Å². The number of aryl methyl sites for hydroxylation is 1. The molecule has 0 saturated carbocycles. The van der Waals surface area contributed by atoms with E-state index in [0.717, 1.165) is 28.2 Å². The number of amides is 1. The van der Waals surface area contributed by atoms with E-state index in [1.165, 1.54) is 0 Å². The number of nitrogens with zero attached hydrogens (tertiary/aromatic N) is 2. The zero-order valence-corrected chi connectivity index (χ0v) is 10.1. The summed E-state index contributed by atoms with van der Waals surface area (Å²) < 4.78 is 1.92. The number of anilines is 1. The van der Waals surface area contributed by atoms with Gasteiger partial charge in [0.2, 0.25) is 5.91 Å². The number of nitrogens with two attached hydrogens (primary N) is 1. The van der Waals surface area contributed by atoms with Crippen molar-refractivity contribution >= 4 is 11.6 Å². The Balaban J connectivity index is 2.08. The van der Waals surface area contributed by atoms with Crippen LogP contribution in [0.1, 0.15) is 11.3 Å². The van der Waals surface area contributed by atoms with Crippen molar-refractivity contribution in [2.45, 2.75) is 13.0 Å². The Morgan fingerprint density at radius 3 is 3.11 bits per heavy atom. The quantitative estimate of drug-likeness (QED) is 0.826. The van der Waals surface area contributed by atoms with E-state index >= 15 is 0 Å². The number of benzene rings is 1. The van der Waals surface area contributed by atoms with Crippen molar-refractivity contribution in [3.63, 3.8) is 0 Å². The monoisotopic (exact) mass is 242 g/mol. The van der Waals surface area contributed by atoms with Gasteiger partial charge in [0, 0.05) is 24.8 Å². The zero-order chi connectivity index (χ0) is 12.7. The highest BCUT2D eigenvalue weighted by Gasteiger charge is 2.19. The van der Waals surface area contributed by atoms with Gasteiger partial charge in [0.05, 0.1) is 24.1 Å². The summed E-state index contributed by atoms with van der Waals surface area (Å²) in [7, 11) is 1.93. The van der Waals surface area contributed by atoms with E-state index in [4.69, 9.17) is 5.73 Å². The molecule has 2 heterocycles. The third-order valence-electron chi connectivity index (χ3n) is 3.26. The van der Waals surface area contributed by atoms with E-state index in [9.17, 15) is 4.79 Å². The van der Waals surface area contributed by atoms with Crippen molar-refractivity contribution in [2.75, 3.05) is 5.32 Å². The first-order valence-electron chi connectivity index (χ1n) is 5.82. The molecule has 3 rings (SSSR count). The molecular weight excluding hydrogens is 228 g/mol. The lowest BCUT2D eigenvalue weighted by molar-refractivity contribution is -0.115. The molecule has 1 amide bonds. The van der Waals surface area contributed by atoms with Crippen molar-refractivity contribution in [2.24, 2.45) is 12.8 Å². The predicted octanol–water partition coefficient (Wildman–Crippen LogP) is 1.04. The third kappa shape index (κ3) is 1.60. The lowest BCUT2D eigenvalue weighted by Crippen LogP contribution is -2.04. The maximum Gasteiger partial charge on any atom is 0.228 e. The Kier molecular flexibility index (Phi) is 2.41. The van der Waals surface area contributed by atoms with Gasteiger partial charge in [-0.15, -0.1) is 0 Å². The SMILES string of the molecule is Cn1cnc(-c2ccc3c(c2)CC(=O)N3)c1CN. The summed E-state index contributed by atoms with van der Waals surface area (Å²) in [6, 6.07) is 5.89. The number of aromatic nitrogens is 2. The Morgan fingerprint density at radius 1 is 1.50 bits per heavy atom. The molecule has 92 valence electrons. The maximum atomic E-state index is 11.3. The highest BCUT2D eigenvalue weighted by atomic mass is 16.1. The summed E-state index contributed by atoms with van der Waals surface area (Å²) in [4.78, 5) is 15.7. The van der Waals surface area contributed by atoms with Gasteiger partial charge in [0.1, 0.15) is 0 Å². The van der Waals surface area contributed by atoms with Gasteiger partial charge in [0.25, 0.3) is 0 Å². The first kappa shape index (κ1) is 11.0. The summed E-state index contributed by atoms with van der Waals surface area (Å²) in [6.07, 6.45) is 2.20. The maximum absolute atomic E-state index is 11.3. The summed E-state index contributed by atoms with van der Waals surface area (Å²) in [5, 5.41) is 2.82. The summed E-state index contributed by atoms with van der Waals surface area (Å²) in [5.41, 5.74) is 10.5. The number of fused-ring (bicyclic) bond motifs is 1. The average molecular weight is 242 g/mol. The second kappa shape index (κ2) is 3.96. The Morgan fingerprint density at radius 2 is 2.33 bits per heavy atom. The standard InChI is InChI=1S/C13H14N4O/c1-17-7-15-13(11(17)6-14)8-2-3-10-9(4-8)5-12(18)16-10/h2-4,7H,5-6,14H2,1H3,(H,16,18). The second-order valence-corrected chi connectivity index (χ2v) is 4.45. The molecule has 1 aliphatic rings. The Hall–Kier alpha value is -2.14. The number of imidazole rings is 1. The minimum Gasteiger partial charge on any atom is -0.336 e. The van der Waals surface area contributed by atoms with E-state index in [2.05, 4.69) is 10.3 Å². The van der Waals surface area contributed by atoms with Gasteiger partial charge in [-0.1, -0.05) is 6.07 Å². The fraction of sp³-hybridized carbons (Fsp3) is 0.231. The van der Waals surface area contributed by atoms with Crippen LogP contribution in [-0.2, 0) is 24.8 Å². The van der Waals surface area contributed by atoms with E-state index < -0.39 is 0 Å². The molecule has 1 aliphatic heterocycles. The third-order valence-corrected chi connectivity index (χ3v) is 3.26. The van der Waals surface area contributed by atoms with Crippen molar-refractivity contribution in [1.82, 2.24) is 9.55 Å². The smallest absolute Gasteiger partial charge is 0.228 e. The fourth-order valence-corrected chi connectivity index (χ4v) is 2.31. The summed E-state index contributed by atoms with van der Waals surface area (Å²) in [5.74, 6) is 0.0437. The Bertz CT molecular complexity index is 630. The van der Waals surface area contributed by atoms with E-state index in [1.54, 1.807) is 6.33 Å². The van der Waals surface area contributed by atoms with Gasteiger partial charge < -0.3 is 15.6 Å². The van der Waals surface area contributed by atoms with Gasteiger partial charge in [0.15, 0.2) is 0 Å². The molecular formula is C13H14N4O. The normalized spacial score (nSPS) is 13.6. The number of nitrogens with one attached hydrogen (secondary N) is 1. The van der Waals surface area contributed by atoms with Crippen molar-refractivity contribution in [1.29, 1.82) is 0 Å². The first-order valence-corrected chi connectivity index (χ1v) is 5.82. The number of hydrogen-bond acceptors (Lipinski definition) is 3. The summed E-state index contributed by atoms with van der Waals surface area (Å²) >= 11 is 0. The van der Waals surface area contributed by atoms with Crippen LogP contribution in [0, 0.1) is 0 Å². The van der Waals surface area contributed by atoms with Crippen molar-refractivity contribution in [3.05, 3.63) is 35.8 Å². The van der Waals surface area contributed by atoms with Gasteiger partial charge in [-0.3, -0.25) is 4.79 Å². The minimum absolute atomic E-state index is 0.0437. The highest BCUT2D eigenvalue weighted by molar-refractivity contribution is 5.99. The lowest BCUT2D eigenvalue weighted by Gasteiger charge is -2.05. The molecule has 0 aliphatic carbocycles. The highest BCUT2D eigenvalue weighted by Crippen LogP contribution is 2.29. The molecule has 0 saturated heterocycles. The lowest BCUT2D eigenvalue weighted by atomic mass is 10.0. The molecule has 18 heavy (non-hydrogen) atoms. The molecule has 0 radical (unpaired) electrons. The van der Waals surface area contributed by atoms with E-state index in [1.807, 2.05) is 29.8 Å². The van der Waals surface area contributed by atoms with Gasteiger partial charge in [-0.2, -0.15) is 0 Å². The van der Waals surface area contributed by atoms with Crippen LogP contribution < -0.4 is 11.1 Å².